The van der Waals surface area contributed by atoms with Crippen molar-refractivity contribution in [1.29, 1.82) is 5.26 Å². The maximum atomic E-state index is 12.5. The number of hydrogen-bond donors (Lipinski definition) is 2. The van der Waals surface area contributed by atoms with Crippen LogP contribution in [-0.4, -0.2) is 23.6 Å². The lowest BCUT2D eigenvalue weighted by atomic mass is 10.1. The van der Waals surface area contributed by atoms with E-state index in [0.717, 1.165) is 4.47 Å². The Morgan fingerprint density at radius 3 is 2.39 bits per heavy atom. The molecule has 0 aliphatic rings. The van der Waals surface area contributed by atoms with Gasteiger partial charge in [0.25, 0.3) is 5.91 Å². The molecule has 0 aromatic heterocycles. The van der Waals surface area contributed by atoms with E-state index in [1.807, 2.05) is 0 Å². The average molecular weight is 441 g/mol. The highest BCUT2D eigenvalue weighted by atomic mass is 79.9. The summed E-state index contributed by atoms with van der Waals surface area (Å²) in [5.41, 5.74) is 0.297. The van der Waals surface area contributed by atoms with Crippen molar-refractivity contribution in [3.8, 4) is 6.07 Å². The fourth-order valence-corrected chi connectivity index (χ4v) is 2.47. The van der Waals surface area contributed by atoms with Gasteiger partial charge in [0.1, 0.15) is 6.07 Å². The topological polar surface area (TPSA) is 99.4 Å². The van der Waals surface area contributed by atoms with E-state index in [4.69, 9.17) is 4.74 Å². The number of carbonyl (C=O) groups is 2. The van der Waals surface area contributed by atoms with Crippen molar-refractivity contribution in [3.63, 3.8) is 0 Å². The Kier molecular flexibility index (Phi) is 7.55. The van der Waals surface area contributed by atoms with Crippen LogP contribution < -0.4 is 5.32 Å². The van der Waals surface area contributed by atoms with Crippen molar-refractivity contribution >= 4 is 33.9 Å². The van der Waals surface area contributed by atoms with E-state index in [1.165, 1.54) is 6.08 Å². The Morgan fingerprint density at radius 1 is 1.18 bits per heavy atom. The van der Waals surface area contributed by atoms with Crippen molar-refractivity contribution in [2.75, 3.05) is 6.61 Å². The second-order valence-electron chi connectivity index (χ2n) is 5.49. The van der Waals surface area contributed by atoms with Crippen molar-refractivity contribution in [1.82, 2.24) is 5.32 Å². The number of amides is 1. The first-order valence-corrected chi connectivity index (χ1v) is 9.10. The molecule has 0 heterocycles. The fraction of sp³-hybridized carbons (Fsp3) is 0.0952. The first-order chi connectivity index (χ1) is 13.5. The van der Waals surface area contributed by atoms with Crippen molar-refractivity contribution in [2.45, 2.75) is 6.92 Å². The molecule has 0 radical (unpaired) electrons. The smallest absolute Gasteiger partial charge is 0.352 e. The number of nitrogens with zero attached hydrogens (tertiary/aromatic N) is 1. The van der Waals surface area contributed by atoms with E-state index >= 15 is 0 Å². The number of esters is 1. The van der Waals surface area contributed by atoms with Gasteiger partial charge in [-0.15, -0.1) is 0 Å². The zero-order valence-corrected chi connectivity index (χ0v) is 16.6. The number of nitrogens with one attached hydrogen (secondary N) is 1. The third-order valence-corrected chi connectivity index (χ3v) is 4.08. The highest BCUT2D eigenvalue weighted by molar-refractivity contribution is 9.10. The number of benzene rings is 2. The summed E-state index contributed by atoms with van der Waals surface area (Å²) in [6.07, 6.45) is 1.46. The zero-order chi connectivity index (χ0) is 20.5. The molecule has 0 atom stereocenters. The first-order valence-electron chi connectivity index (χ1n) is 8.30. The van der Waals surface area contributed by atoms with E-state index in [2.05, 4.69) is 21.2 Å². The highest BCUT2D eigenvalue weighted by Crippen LogP contribution is 2.18. The molecule has 2 aromatic carbocycles. The average Bonchev–Trinajstić information content (AvgIpc) is 2.70. The Labute approximate surface area is 170 Å². The summed E-state index contributed by atoms with van der Waals surface area (Å²) in [6.45, 7) is 1.62. The van der Waals surface area contributed by atoms with Crippen LogP contribution in [0, 0.1) is 11.3 Å². The molecule has 0 aliphatic carbocycles. The lowest BCUT2D eigenvalue weighted by Gasteiger charge is -2.11. The van der Waals surface area contributed by atoms with Crippen LogP contribution in [-0.2, 0) is 9.53 Å². The molecule has 6 nitrogen and oxygen atoms in total. The van der Waals surface area contributed by atoms with E-state index in [-0.39, 0.29) is 12.3 Å². The molecule has 0 saturated heterocycles. The molecular formula is C21H17BrN2O4. The third-order valence-electron chi connectivity index (χ3n) is 3.55. The summed E-state index contributed by atoms with van der Waals surface area (Å²) in [6, 6.07) is 17.0. The number of nitriles is 1. The molecule has 1 amide bonds. The molecule has 0 unspecified atom stereocenters. The van der Waals surface area contributed by atoms with E-state index in [0.29, 0.717) is 11.1 Å². The molecule has 2 rings (SSSR count). The van der Waals surface area contributed by atoms with Crippen LogP contribution in [0.4, 0.5) is 0 Å². The molecule has 0 fully saturated rings. The van der Waals surface area contributed by atoms with Gasteiger partial charge in [0.15, 0.2) is 11.3 Å². The summed E-state index contributed by atoms with van der Waals surface area (Å²) in [4.78, 5) is 24.5. The number of ether oxygens (including phenoxy) is 1. The summed E-state index contributed by atoms with van der Waals surface area (Å²) >= 11 is 3.33. The second kappa shape index (κ2) is 10.1. The van der Waals surface area contributed by atoms with E-state index in [9.17, 15) is 20.0 Å². The third kappa shape index (κ3) is 5.56. The van der Waals surface area contributed by atoms with Gasteiger partial charge in [0.05, 0.1) is 12.3 Å². The Bertz CT molecular complexity index is 958. The number of aliphatic hydroxyl groups is 1. The van der Waals surface area contributed by atoms with Gasteiger partial charge < -0.3 is 15.2 Å². The largest absolute Gasteiger partial charge is 0.504 e. The predicted molar refractivity (Wildman–Crippen MR) is 108 cm³/mol. The summed E-state index contributed by atoms with van der Waals surface area (Å²) in [5, 5.41) is 22.4. The number of rotatable bonds is 6. The van der Waals surface area contributed by atoms with Crippen LogP contribution in [0.25, 0.3) is 6.08 Å². The van der Waals surface area contributed by atoms with Gasteiger partial charge in [-0.2, -0.15) is 5.26 Å². The molecule has 2 N–H and O–H groups in total. The van der Waals surface area contributed by atoms with Crippen LogP contribution in [0.1, 0.15) is 22.8 Å². The van der Waals surface area contributed by atoms with Crippen LogP contribution in [0.5, 0.6) is 0 Å². The summed E-state index contributed by atoms with van der Waals surface area (Å²) < 4.78 is 5.65. The molecule has 2 aromatic rings. The van der Waals surface area contributed by atoms with Crippen LogP contribution in [0.15, 0.2) is 76.1 Å². The Balaban J connectivity index is 2.49. The second-order valence-corrected chi connectivity index (χ2v) is 6.40. The lowest BCUT2D eigenvalue weighted by Crippen LogP contribution is -2.25. The van der Waals surface area contributed by atoms with Gasteiger partial charge >= 0.3 is 5.97 Å². The van der Waals surface area contributed by atoms with Crippen LogP contribution >= 0.6 is 15.9 Å². The Morgan fingerprint density at radius 2 is 1.82 bits per heavy atom. The van der Waals surface area contributed by atoms with Gasteiger partial charge in [-0.25, -0.2) is 4.79 Å². The summed E-state index contributed by atoms with van der Waals surface area (Å²) in [7, 11) is 0. The molecule has 0 aliphatic heterocycles. The zero-order valence-electron chi connectivity index (χ0n) is 15.0. The molecular weight excluding hydrogens is 424 g/mol. The first kappa shape index (κ1) is 20.9. The van der Waals surface area contributed by atoms with E-state index < -0.39 is 23.2 Å². The fourth-order valence-electron chi connectivity index (χ4n) is 2.21. The minimum absolute atomic E-state index is 0.0411. The van der Waals surface area contributed by atoms with Gasteiger partial charge in [-0.3, -0.25) is 4.79 Å². The van der Waals surface area contributed by atoms with Crippen LogP contribution in [0.3, 0.4) is 0 Å². The molecule has 0 saturated carbocycles. The van der Waals surface area contributed by atoms with Crippen molar-refractivity contribution in [3.05, 3.63) is 87.2 Å². The monoisotopic (exact) mass is 440 g/mol. The predicted octanol–water partition coefficient (Wildman–Crippen LogP) is 4.12. The quantitative estimate of drug-likeness (QED) is 0.231. The molecule has 142 valence electrons. The normalized spacial score (nSPS) is 11.8. The van der Waals surface area contributed by atoms with Gasteiger partial charge in [0.2, 0.25) is 0 Å². The maximum absolute atomic E-state index is 12.5. The number of carbonyl (C=O) groups excluding carboxylic acids is 2. The molecule has 0 bridgehead atoms. The molecule has 28 heavy (non-hydrogen) atoms. The minimum Gasteiger partial charge on any atom is -0.504 e. The maximum Gasteiger partial charge on any atom is 0.352 e. The number of halogens is 1. The van der Waals surface area contributed by atoms with Crippen molar-refractivity contribution < 1.29 is 19.4 Å². The Hall–Kier alpha value is -3.37. The number of hydrogen-bond acceptors (Lipinski definition) is 5. The van der Waals surface area contributed by atoms with Gasteiger partial charge in [-0.05, 0) is 42.8 Å². The highest BCUT2D eigenvalue weighted by Gasteiger charge is 2.21. The van der Waals surface area contributed by atoms with Gasteiger partial charge in [0, 0.05) is 10.0 Å². The summed E-state index contributed by atoms with van der Waals surface area (Å²) in [5.74, 6) is -2.15. The number of aliphatic hydroxyl groups excluding tert-OH is 1. The van der Waals surface area contributed by atoms with E-state index in [1.54, 1.807) is 67.6 Å². The van der Waals surface area contributed by atoms with Gasteiger partial charge in [-0.1, -0.05) is 46.3 Å². The van der Waals surface area contributed by atoms with Crippen molar-refractivity contribution in [2.24, 2.45) is 0 Å². The van der Waals surface area contributed by atoms with Crippen LogP contribution in [0.2, 0.25) is 0 Å². The lowest BCUT2D eigenvalue weighted by molar-refractivity contribution is -0.138. The molecule has 0 spiro atoms. The minimum atomic E-state index is -0.974. The molecule has 7 heteroatoms. The SMILES string of the molecule is CCOC(=O)/C(C#N)=C(O)/C(=C/c1ccc(Br)cc1)NC(=O)c1ccccc1. The standard InChI is InChI=1S/C21H17BrN2O4/c1-2-28-21(27)17(13-23)19(25)18(12-14-8-10-16(22)11-9-14)24-20(26)15-6-4-3-5-7-15/h3-12,25H,2H2,1H3,(H,24,26)/b18-12-,19-17-.